The van der Waals surface area contributed by atoms with E-state index in [9.17, 15) is 4.79 Å². The van der Waals surface area contributed by atoms with Gasteiger partial charge in [-0.15, -0.1) is 0 Å². The summed E-state index contributed by atoms with van der Waals surface area (Å²) in [6, 6.07) is 0. The highest BCUT2D eigenvalue weighted by Gasteiger charge is 2.22. The van der Waals surface area contributed by atoms with Gasteiger partial charge in [0, 0.05) is 19.0 Å². The normalized spacial score (nSPS) is 12.9. The average molecular weight is 331 g/mol. The van der Waals surface area contributed by atoms with E-state index in [0.29, 0.717) is 18.8 Å². The van der Waals surface area contributed by atoms with Crippen molar-refractivity contribution in [2.24, 2.45) is 5.92 Å². The van der Waals surface area contributed by atoms with Crippen LogP contribution in [0.15, 0.2) is 10.7 Å². The van der Waals surface area contributed by atoms with Crippen molar-refractivity contribution in [1.29, 1.82) is 0 Å². The minimum absolute atomic E-state index is 0.0499. The number of nitrogens with one attached hydrogen (secondary N) is 1. The Balaban J connectivity index is 2.80. The summed E-state index contributed by atoms with van der Waals surface area (Å²) in [6.07, 6.45) is 1.70. The summed E-state index contributed by atoms with van der Waals surface area (Å²) >= 11 is 3.42. The molecule has 1 N–H and O–H groups in total. The summed E-state index contributed by atoms with van der Waals surface area (Å²) in [4.78, 5) is 14.5. The highest BCUT2D eigenvalue weighted by atomic mass is 79.9. The molecule has 1 unspecified atom stereocenters. The molecule has 0 fully saturated rings. The lowest BCUT2D eigenvalue weighted by molar-refractivity contribution is 0.0916. The van der Waals surface area contributed by atoms with Crippen molar-refractivity contribution >= 4 is 21.7 Å². The van der Waals surface area contributed by atoms with Crippen LogP contribution in [0.3, 0.4) is 0 Å². The molecule has 1 rings (SSSR count). The standard InChI is InChI=1S/C13H23BrN4O/c1-5-15-8-10(2)13(19)12-11(14)9-16-18(12)7-6-17(3)4/h9-10,15H,5-8H2,1-4H3. The summed E-state index contributed by atoms with van der Waals surface area (Å²) in [7, 11) is 4.02. The Labute approximate surface area is 123 Å². The number of carbonyl (C=O) groups is 1. The van der Waals surface area contributed by atoms with Gasteiger partial charge < -0.3 is 10.2 Å². The third-order valence-corrected chi connectivity index (χ3v) is 3.52. The summed E-state index contributed by atoms with van der Waals surface area (Å²) in [5, 5.41) is 7.48. The molecule has 0 aromatic carbocycles. The molecular weight excluding hydrogens is 308 g/mol. The average Bonchev–Trinajstić information content (AvgIpc) is 2.73. The summed E-state index contributed by atoms with van der Waals surface area (Å²) in [5.41, 5.74) is 0.673. The number of carbonyl (C=O) groups excluding carboxylic acids is 1. The summed E-state index contributed by atoms with van der Waals surface area (Å²) < 4.78 is 2.56. The van der Waals surface area contributed by atoms with Gasteiger partial charge in [0.05, 0.1) is 17.2 Å². The van der Waals surface area contributed by atoms with Crippen molar-refractivity contribution in [2.75, 3.05) is 33.7 Å². The van der Waals surface area contributed by atoms with Gasteiger partial charge in [0.2, 0.25) is 0 Å². The first-order valence-electron chi connectivity index (χ1n) is 6.58. The van der Waals surface area contributed by atoms with E-state index in [-0.39, 0.29) is 11.7 Å². The smallest absolute Gasteiger partial charge is 0.186 e. The fourth-order valence-electron chi connectivity index (χ4n) is 1.76. The third-order valence-electron chi connectivity index (χ3n) is 2.94. The number of likely N-dealkylation sites (N-methyl/N-ethyl adjacent to an activating group) is 1. The van der Waals surface area contributed by atoms with E-state index in [2.05, 4.69) is 31.2 Å². The van der Waals surface area contributed by atoms with Crippen molar-refractivity contribution < 1.29 is 4.79 Å². The Morgan fingerprint density at radius 1 is 1.58 bits per heavy atom. The molecule has 0 bridgehead atoms. The van der Waals surface area contributed by atoms with E-state index in [1.54, 1.807) is 10.9 Å². The minimum Gasteiger partial charge on any atom is -0.316 e. The Bertz CT molecular complexity index is 417. The predicted molar refractivity (Wildman–Crippen MR) is 80.5 cm³/mol. The number of aromatic nitrogens is 2. The van der Waals surface area contributed by atoms with Crippen LogP contribution < -0.4 is 5.32 Å². The first-order chi connectivity index (χ1) is 8.97. The van der Waals surface area contributed by atoms with Crippen LogP contribution in [-0.4, -0.2) is 54.2 Å². The molecule has 1 heterocycles. The molecule has 0 spiro atoms. The molecule has 1 aromatic rings. The van der Waals surface area contributed by atoms with Crippen molar-refractivity contribution in [2.45, 2.75) is 20.4 Å². The molecule has 108 valence electrons. The molecule has 0 aliphatic heterocycles. The minimum atomic E-state index is -0.0499. The topological polar surface area (TPSA) is 50.2 Å². The number of hydrogen-bond donors (Lipinski definition) is 1. The van der Waals surface area contributed by atoms with Crippen molar-refractivity contribution in [3.8, 4) is 0 Å². The summed E-state index contributed by atoms with van der Waals surface area (Å²) in [6.45, 7) is 7.12. The molecule has 6 heteroatoms. The maximum absolute atomic E-state index is 12.5. The Morgan fingerprint density at radius 2 is 2.26 bits per heavy atom. The lowest BCUT2D eigenvalue weighted by Crippen LogP contribution is -2.29. The molecule has 0 saturated heterocycles. The number of ketones is 1. The first kappa shape index (κ1) is 16.3. The fraction of sp³-hybridized carbons (Fsp3) is 0.692. The monoisotopic (exact) mass is 330 g/mol. The SMILES string of the molecule is CCNCC(C)C(=O)c1c(Br)cnn1CCN(C)C. The zero-order valence-electron chi connectivity index (χ0n) is 12.1. The molecule has 0 saturated carbocycles. The van der Waals surface area contributed by atoms with E-state index in [0.717, 1.165) is 17.6 Å². The highest BCUT2D eigenvalue weighted by molar-refractivity contribution is 9.10. The van der Waals surface area contributed by atoms with Crippen molar-refractivity contribution in [3.63, 3.8) is 0 Å². The Morgan fingerprint density at radius 3 is 2.84 bits per heavy atom. The van der Waals surface area contributed by atoms with E-state index < -0.39 is 0 Å². The van der Waals surface area contributed by atoms with E-state index in [1.165, 1.54) is 0 Å². The third kappa shape index (κ3) is 4.71. The zero-order chi connectivity index (χ0) is 14.4. The van der Waals surface area contributed by atoms with E-state index in [4.69, 9.17) is 0 Å². The summed E-state index contributed by atoms with van der Waals surface area (Å²) in [5.74, 6) is 0.0788. The van der Waals surface area contributed by atoms with E-state index in [1.807, 2.05) is 27.9 Å². The molecule has 0 radical (unpaired) electrons. The van der Waals surface area contributed by atoms with Crippen LogP contribution in [0.5, 0.6) is 0 Å². The second kappa shape index (κ2) is 7.77. The van der Waals surface area contributed by atoms with E-state index >= 15 is 0 Å². The van der Waals surface area contributed by atoms with Gasteiger partial charge in [-0.3, -0.25) is 9.48 Å². The fourth-order valence-corrected chi connectivity index (χ4v) is 2.25. The lowest BCUT2D eigenvalue weighted by Gasteiger charge is -2.14. The molecule has 19 heavy (non-hydrogen) atoms. The molecule has 5 nitrogen and oxygen atoms in total. The van der Waals surface area contributed by atoms with Gasteiger partial charge >= 0.3 is 0 Å². The van der Waals surface area contributed by atoms with Crippen LogP contribution in [0.4, 0.5) is 0 Å². The second-order valence-electron chi connectivity index (χ2n) is 4.94. The van der Waals surface area contributed by atoms with Crippen molar-refractivity contribution in [1.82, 2.24) is 20.0 Å². The van der Waals surface area contributed by atoms with Gasteiger partial charge in [-0.05, 0) is 36.6 Å². The molecule has 0 amide bonds. The predicted octanol–water partition coefficient (Wildman–Crippen LogP) is 1.64. The highest BCUT2D eigenvalue weighted by Crippen LogP contribution is 2.19. The lowest BCUT2D eigenvalue weighted by atomic mass is 10.0. The van der Waals surface area contributed by atoms with Gasteiger partial charge in [-0.1, -0.05) is 13.8 Å². The zero-order valence-corrected chi connectivity index (χ0v) is 13.7. The molecule has 1 atom stereocenters. The first-order valence-corrected chi connectivity index (χ1v) is 7.37. The van der Waals surface area contributed by atoms with Crippen LogP contribution >= 0.6 is 15.9 Å². The van der Waals surface area contributed by atoms with Crippen LogP contribution in [0.2, 0.25) is 0 Å². The number of Topliss-reactive ketones (excluding diaryl/α,β-unsaturated/α-hetero) is 1. The second-order valence-corrected chi connectivity index (χ2v) is 5.79. The van der Waals surface area contributed by atoms with Crippen LogP contribution in [0.25, 0.3) is 0 Å². The molecule has 1 aromatic heterocycles. The van der Waals surface area contributed by atoms with Gasteiger partial charge in [-0.2, -0.15) is 5.10 Å². The van der Waals surface area contributed by atoms with Gasteiger partial charge in [0.1, 0.15) is 5.69 Å². The van der Waals surface area contributed by atoms with Gasteiger partial charge in [0.15, 0.2) is 5.78 Å². The van der Waals surface area contributed by atoms with Gasteiger partial charge in [0.25, 0.3) is 0 Å². The van der Waals surface area contributed by atoms with Crippen LogP contribution in [0.1, 0.15) is 24.3 Å². The molecule has 0 aliphatic carbocycles. The number of nitrogens with zero attached hydrogens (tertiary/aromatic N) is 3. The van der Waals surface area contributed by atoms with Gasteiger partial charge in [-0.25, -0.2) is 0 Å². The maximum Gasteiger partial charge on any atom is 0.186 e. The van der Waals surface area contributed by atoms with Crippen LogP contribution in [-0.2, 0) is 6.54 Å². The maximum atomic E-state index is 12.5. The molecular formula is C13H23BrN4O. The van der Waals surface area contributed by atoms with Crippen molar-refractivity contribution in [3.05, 3.63) is 16.4 Å². The number of rotatable bonds is 8. The Kier molecular flexibility index (Phi) is 6.68. The quantitative estimate of drug-likeness (QED) is 0.736. The number of hydrogen-bond acceptors (Lipinski definition) is 4. The number of halogens is 1. The largest absolute Gasteiger partial charge is 0.316 e. The van der Waals surface area contributed by atoms with Crippen LogP contribution in [0, 0.1) is 5.92 Å². The molecule has 0 aliphatic rings. The Hall–Kier alpha value is -0.720.